The molecule has 1 aromatic rings. The van der Waals surface area contributed by atoms with Crippen molar-refractivity contribution in [3.8, 4) is 0 Å². The van der Waals surface area contributed by atoms with Gasteiger partial charge in [0.15, 0.2) is 5.82 Å². The first-order valence-corrected chi connectivity index (χ1v) is 5.80. The normalized spacial score (nSPS) is 24.2. The topological polar surface area (TPSA) is 76.3 Å². The van der Waals surface area contributed by atoms with Crippen molar-refractivity contribution in [2.24, 2.45) is 5.84 Å². The molecule has 0 bridgehead atoms. The Bertz CT molecular complexity index is 355. The van der Waals surface area contributed by atoms with Crippen LogP contribution in [0, 0.1) is 0 Å². The van der Waals surface area contributed by atoms with Crippen LogP contribution in [0.5, 0.6) is 0 Å². The molecule has 2 rings (SSSR count). The Morgan fingerprint density at radius 1 is 1.53 bits per heavy atom. The van der Waals surface area contributed by atoms with E-state index >= 15 is 0 Å². The van der Waals surface area contributed by atoms with Crippen molar-refractivity contribution in [2.45, 2.75) is 32.0 Å². The largest absolute Gasteiger partial charge is 0.377 e. The second-order valence-electron chi connectivity index (χ2n) is 4.38. The minimum atomic E-state index is 0.290. The number of aromatic nitrogens is 2. The Morgan fingerprint density at radius 2 is 2.35 bits per heavy atom. The molecule has 1 aliphatic rings. The van der Waals surface area contributed by atoms with E-state index in [0.717, 1.165) is 25.3 Å². The van der Waals surface area contributed by atoms with Gasteiger partial charge in [-0.1, -0.05) is 0 Å². The summed E-state index contributed by atoms with van der Waals surface area (Å²) < 4.78 is 5.56. The van der Waals surface area contributed by atoms with Crippen molar-refractivity contribution in [2.75, 3.05) is 19.1 Å². The van der Waals surface area contributed by atoms with Gasteiger partial charge in [0, 0.05) is 19.2 Å². The Labute approximate surface area is 101 Å². The van der Waals surface area contributed by atoms with Crippen molar-refractivity contribution in [3.63, 3.8) is 0 Å². The van der Waals surface area contributed by atoms with Crippen LogP contribution in [0.25, 0.3) is 0 Å². The molecule has 6 heteroatoms. The molecule has 1 aliphatic heterocycles. The van der Waals surface area contributed by atoms with Gasteiger partial charge in [-0.05, 0) is 20.4 Å². The highest BCUT2D eigenvalue weighted by Gasteiger charge is 2.27. The Kier molecular flexibility index (Phi) is 3.88. The zero-order valence-corrected chi connectivity index (χ0v) is 10.3. The number of nitrogens with zero attached hydrogens (tertiary/aromatic N) is 3. The number of hydrogen-bond acceptors (Lipinski definition) is 6. The van der Waals surface area contributed by atoms with Crippen LogP contribution in [-0.4, -0.2) is 40.7 Å². The fourth-order valence-corrected chi connectivity index (χ4v) is 2.18. The van der Waals surface area contributed by atoms with Crippen molar-refractivity contribution >= 4 is 5.82 Å². The zero-order chi connectivity index (χ0) is 12.3. The number of ether oxygens (including phenoxy) is 1. The van der Waals surface area contributed by atoms with Crippen LogP contribution in [0.3, 0.4) is 0 Å². The summed E-state index contributed by atoms with van der Waals surface area (Å²) in [5.41, 5.74) is 3.40. The van der Waals surface area contributed by atoms with E-state index in [1.165, 1.54) is 0 Å². The lowest BCUT2D eigenvalue weighted by Crippen LogP contribution is -2.36. The van der Waals surface area contributed by atoms with Crippen LogP contribution < -0.4 is 11.3 Å². The summed E-state index contributed by atoms with van der Waals surface area (Å²) in [4.78, 5) is 10.7. The third-order valence-corrected chi connectivity index (χ3v) is 3.17. The van der Waals surface area contributed by atoms with Crippen LogP contribution >= 0.6 is 0 Å². The standard InChI is InChI=1S/C11H19N5O/c1-8-10(3-4-17-8)16(2)7-9-5-14-11(15-12)6-13-9/h5-6,8,10H,3-4,7,12H2,1-2H3,(H,14,15). The first-order valence-electron chi connectivity index (χ1n) is 5.80. The summed E-state index contributed by atoms with van der Waals surface area (Å²) in [6.45, 7) is 3.73. The van der Waals surface area contributed by atoms with Gasteiger partial charge in [0.25, 0.3) is 0 Å². The van der Waals surface area contributed by atoms with Crippen molar-refractivity contribution in [3.05, 3.63) is 18.1 Å². The summed E-state index contributed by atoms with van der Waals surface area (Å²) in [6, 6.07) is 0.462. The van der Waals surface area contributed by atoms with Gasteiger partial charge in [0.05, 0.1) is 24.2 Å². The number of likely N-dealkylation sites (N-methyl/N-ethyl adjacent to an activating group) is 1. The van der Waals surface area contributed by atoms with Crippen molar-refractivity contribution in [1.29, 1.82) is 0 Å². The average Bonchev–Trinajstić information content (AvgIpc) is 2.76. The van der Waals surface area contributed by atoms with Gasteiger partial charge in [0.1, 0.15) is 0 Å². The second kappa shape index (κ2) is 5.39. The monoisotopic (exact) mass is 237 g/mol. The third kappa shape index (κ3) is 2.91. The number of nitrogens with two attached hydrogens (primary N) is 1. The van der Waals surface area contributed by atoms with E-state index < -0.39 is 0 Å². The SMILES string of the molecule is CC1OCCC1N(C)Cc1cnc(NN)cn1. The molecule has 0 aromatic carbocycles. The maximum absolute atomic E-state index is 5.56. The lowest BCUT2D eigenvalue weighted by molar-refractivity contribution is 0.0810. The third-order valence-electron chi connectivity index (χ3n) is 3.17. The molecule has 1 saturated heterocycles. The summed E-state index contributed by atoms with van der Waals surface area (Å²) in [5, 5.41) is 0. The summed E-state index contributed by atoms with van der Waals surface area (Å²) in [6.07, 6.45) is 4.75. The fraction of sp³-hybridized carbons (Fsp3) is 0.636. The van der Waals surface area contributed by atoms with E-state index in [9.17, 15) is 0 Å². The minimum absolute atomic E-state index is 0.290. The number of hydrogen-bond donors (Lipinski definition) is 2. The molecule has 3 N–H and O–H groups in total. The molecule has 6 nitrogen and oxygen atoms in total. The molecule has 2 heterocycles. The van der Waals surface area contributed by atoms with Crippen molar-refractivity contribution in [1.82, 2.24) is 14.9 Å². The van der Waals surface area contributed by atoms with Gasteiger partial charge in [-0.25, -0.2) is 10.8 Å². The maximum atomic E-state index is 5.56. The molecule has 0 saturated carbocycles. The minimum Gasteiger partial charge on any atom is -0.377 e. The number of hydrazine groups is 1. The summed E-state index contributed by atoms with van der Waals surface area (Å²) >= 11 is 0. The lowest BCUT2D eigenvalue weighted by atomic mass is 10.1. The second-order valence-corrected chi connectivity index (χ2v) is 4.38. The smallest absolute Gasteiger partial charge is 0.158 e. The average molecular weight is 237 g/mol. The zero-order valence-electron chi connectivity index (χ0n) is 10.3. The fourth-order valence-electron chi connectivity index (χ4n) is 2.18. The quantitative estimate of drug-likeness (QED) is 0.582. The number of anilines is 1. The molecular formula is C11H19N5O. The molecule has 17 heavy (non-hydrogen) atoms. The van der Waals surface area contributed by atoms with E-state index in [-0.39, 0.29) is 6.10 Å². The van der Waals surface area contributed by atoms with Gasteiger partial charge in [-0.3, -0.25) is 9.88 Å². The van der Waals surface area contributed by atoms with Gasteiger partial charge in [-0.15, -0.1) is 0 Å². The Balaban J connectivity index is 1.95. The predicted molar refractivity (Wildman–Crippen MR) is 65.1 cm³/mol. The molecule has 0 radical (unpaired) electrons. The number of nitrogen functional groups attached to an aromatic ring is 1. The van der Waals surface area contributed by atoms with E-state index in [1.54, 1.807) is 12.4 Å². The molecule has 94 valence electrons. The molecule has 1 fully saturated rings. The highest BCUT2D eigenvalue weighted by molar-refractivity contribution is 5.28. The highest BCUT2D eigenvalue weighted by Crippen LogP contribution is 2.19. The molecule has 2 atom stereocenters. The predicted octanol–water partition coefficient (Wildman–Crippen LogP) is 0.371. The van der Waals surface area contributed by atoms with E-state index in [1.807, 2.05) is 0 Å². The van der Waals surface area contributed by atoms with Gasteiger partial charge in [-0.2, -0.15) is 0 Å². The number of nitrogens with one attached hydrogen (secondary N) is 1. The molecule has 0 amide bonds. The van der Waals surface area contributed by atoms with Crippen LogP contribution in [0.15, 0.2) is 12.4 Å². The van der Waals surface area contributed by atoms with E-state index in [2.05, 4.69) is 34.3 Å². The molecule has 1 aromatic heterocycles. The van der Waals surface area contributed by atoms with Crippen LogP contribution in [-0.2, 0) is 11.3 Å². The molecule has 0 spiro atoms. The van der Waals surface area contributed by atoms with Gasteiger partial charge >= 0.3 is 0 Å². The first-order chi connectivity index (χ1) is 8.20. The lowest BCUT2D eigenvalue weighted by Gasteiger charge is -2.25. The van der Waals surface area contributed by atoms with Crippen LogP contribution in [0.1, 0.15) is 19.0 Å². The Morgan fingerprint density at radius 3 is 2.88 bits per heavy atom. The first kappa shape index (κ1) is 12.2. The van der Waals surface area contributed by atoms with Crippen molar-refractivity contribution < 1.29 is 4.74 Å². The molecule has 0 aliphatic carbocycles. The van der Waals surface area contributed by atoms with E-state index in [0.29, 0.717) is 11.9 Å². The van der Waals surface area contributed by atoms with Gasteiger partial charge in [0.2, 0.25) is 0 Å². The van der Waals surface area contributed by atoms with Gasteiger partial charge < -0.3 is 10.2 Å². The number of rotatable bonds is 4. The summed E-state index contributed by atoms with van der Waals surface area (Å²) in [5.74, 6) is 5.82. The molecule has 2 unspecified atom stereocenters. The maximum Gasteiger partial charge on any atom is 0.158 e. The van der Waals surface area contributed by atoms with E-state index in [4.69, 9.17) is 10.6 Å². The molecular weight excluding hydrogens is 218 g/mol. The summed E-state index contributed by atoms with van der Waals surface area (Å²) in [7, 11) is 2.09. The van der Waals surface area contributed by atoms with Crippen LogP contribution in [0.2, 0.25) is 0 Å². The highest BCUT2D eigenvalue weighted by atomic mass is 16.5. The Hall–Kier alpha value is -1.24. The van der Waals surface area contributed by atoms with Crippen LogP contribution in [0.4, 0.5) is 5.82 Å².